The maximum Gasteiger partial charge on any atom is 0.272 e. The average Bonchev–Trinajstić information content (AvgIpc) is 1.94. The zero-order valence-corrected chi connectivity index (χ0v) is 5.56. The van der Waals surface area contributed by atoms with Crippen LogP contribution in [-0.4, -0.2) is 16.7 Å². The van der Waals surface area contributed by atoms with Gasteiger partial charge in [0.1, 0.15) is 0 Å². The Bertz CT molecular complexity index is 267. The van der Waals surface area contributed by atoms with Gasteiger partial charge >= 0.3 is 0 Å². The Morgan fingerprint density at radius 1 is 1.64 bits per heavy atom. The maximum atomic E-state index is 10.8. The van der Waals surface area contributed by atoms with Crippen molar-refractivity contribution in [3.63, 3.8) is 0 Å². The largest absolute Gasteiger partial charge is 0.318 e. The van der Waals surface area contributed by atoms with Gasteiger partial charge < -0.3 is 5.73 Å². The van der Waals surface area contributed by atoms with Gasteiger partial charge in [0.15, 0.2) is 5.78 Å². The van der Waals surface area contributed by atoms with Crippen molar-refractivity contribution in [2.24, 2.45) is 5.73 Å². The van der Waals surface area contributed by atoms with Crippen LogP contribution in [0.15, 0.2) is 23.9 Å². The second kappa shape index (κ2) is 2.63. The van der Waals surface area contributed by atoms with Crippen molar-refractivity contribution in [1.82, 2.24) is 0 Å². The van der Waals surface area contributed by atoms with E-state index in [0.717, 1.165) is 6.08 Å². The van der Waals surface area contributed by atoms with Crippen LogP contribution >= 0.6 is 0 Å². The number of ketones is 1. The average molecular weight is 154 g/mol. The molecule has 5 heteroatoms. The van der Waals surface area contributed by atoms with Gasteiger partial charge in [-0.2, -0.15) is 0 Å². The van der Waals surface area contributed by atoms with E-state index in [-0.39, 0.29) is 5.70 Å². The van der Waals surface area contributed by atoms with Gasteiger partial charge in [-0.05, 0) is 0 Å². The molecule has 0 aliphatic heterocycles. The highest BCUT2D eigenvalue weighted by atomic mass is 16.6. The summed E-state index contributed by atoms with van der Waals surface area (Å²) in [7, 11) is 0. The summed E-state index contributed by atoms with van der Waals surface area (Å²) in [6, 6.07) is -0.723. The Balaban J connectivity index is 2.89. The van der Waals surface area contributed by atoms with Crippen molar-refractivity contribution in [3.8, 4) is 0 Å². The highest BCUT2D eigenvalue weighted by Gasteiger charge is 2.18. The van der Waals surface area contributed by atoms with Crippen LogP contribution < -0.4 is 5.73 Å². The van der Waals surface area contributed by atoms with Crippen LogP contribution in [0.2, 0.25) is 0 Å². The molecule has 0 aromatic heterocycles. The lowest BCUT2D eigenvalue weighted by Crippen LogP contribution is -2.29. The van der Waals surface area contributed by atoms with Gasteiger partial charge in [0.2, 0.25) is 0 Å². The van der Waals surface area contributed by atoms with Gasteiger partial charge in [-0.15, -0.1) is 0 Å². The standard InChI is InChI=1S/C6H6N2O3/c7-5-2-1-4(8(10)11)3-6(5)9/h1-3,5H,7H2. The molecule has 0 fully saturated rings. The number of nitrogens with zero attached hydrogens (tertiary/aromatic N) is 1. The Kier molecular flexibility index (Phi) is 1.82. The molecule has 0 heterocycles. The maximum absolute atomic E-state index is 10.8. The van der Waals surface area contributed by atoms with Crippen LogP contribution in [0, 0.1) is 10.1 Å². The number of nitro groups is 1. The third kappa shape index (κ3) is 1.50. The third-order valence-corrected chi connectivity index (χ3v) is 1.30. The SMILES string of the molecule is NC1C=CC([N+](=O)[O-])=CC1=O. The van der Waals surface area contributed by atoms with E-state index < -0.39 is 16.7 Å². The molecular weight excluding hydrogens is 148 g/mol. The minimum Gasteiger partial charge on any atom is -0.318 e. The van der Waals surface area contributed by atoms with Crippen LogP contribution in [0.1, 0.15) is 0 Å². The number of allylic oxidation sites excluding steroid dienone is 1. The molecule has 0 spiro atoms. The predicted octanol–water partition coefficient (Wildman–Crippen LogP) is -0.387. The van der Waals surface area contributed by atoms with Crippen LogP contribution in [0.4, 0.5) is 0 Å². The summed E-state index contributed by atoms with van der Waals surface area (Å²) in [5.74, 6) is -0.431. The smallest absolute Gasteiger partial charge is 0.272 e. The summed E-state index contributed by atoms with van der Waals surface area (Å²) in [6.07, 6.45) is 3.47. The van der Waals surface area contributed by atoms with Gasteiger partial charge in [-0.3, -0.25) is 14.9 Å². The molecule has 1 atom stereocenters. The summed E-state index contributed by atoms with van der Waals surface area (Å²) < 4.78 is 0. The number of nitrogens with two attached hydrogens (primary N) is 1. The molecule has 0 bridgehead atoms. The lowest BCUT2D eigenvalue weighted by molar-refractivity contribution is -0.419. The van der Waals surface area contributed by atoms with Gasteiger partial charge in [-0.1, -0.05) is 6.08 Å². The van der Waals surface area contributed by atoms with E-state index in [9.17, 15) is 14.9 Å². The van der Waals surface area contributed by atoms with E-state index in [2.05, 4.69) is 0 Å². The Morgan fingerprint density at radius 3 is 2.73 bits per heavy atom. The first-order valence-corrected chi connectivity index (χ1v) is 2.95. The third-order valence-electron chi connectivity index (χ3n) is 1.30. The van der Waals surface area contributed by atoms with E-state index in [1.54, 1.807) is 0 Å². The Labute approximate surface area is 62.3 Å². The summed E-state index contributed by atoms with van der Waals surface area (Å²) in [6.45, 7) is 0. The van der Waals surface area contributed by atoms with Gasteiger partial charge in [0, 0.05) is 6.08 Å². The lowest BCUT2D eigenvalue weighted by Gasteiger charge is -2.04. The molecule has 5 nitrogen and oxygen atoms in total. The van der Waals surface area contributed by atoms with Gasteiger partial charge in [-0.25, -0.2) is 0 Å². The van der Waals surface area contributed by atoms with Crippen LogP contribution in [-0.2, 0) is 4.79 Å². The van der Waals surface area contributed by atoms with Crippen LogP contribution in [0.25, 0.3) is 0 Å². The molecule has 0 aromatic carbocycles. The summed E-state index contributed by atoms with van der Waals surface area (Å²) in [5, 5.41) is 10.1. The Morgan fingerprint density at radius 2 is 2.27 bits per heavy atom. The molecule has 0 aromatic rings. The first kappa shape index (κ1) is 7.62. The first-order valence-electron chi connectivity index (χ1n) is 2.95. The summed E-state index contributed by atoms with van der Waals surface area (Å²) in [5.41, 5.74) is 5.03. The Hall–Kier alpha value is -1.49. The number of carbonyl (C=O) groups excluding carboxylic acids is 1. The summed E-state index contributed by atoms with van der Waals surface area (Å²) >= 11 is 0. The lowest BCUT2D eigenvalue weighted by atomic mass is 10.1. The van der Waals surface area contributed by atoms with Crippen molar-refractivity contribution in [3.05, 3.63) is 34.0 Å². The van der Waals surface area contributed by atoms with Gasteiger partial charge in [0.25, 0.3) is 5.70 Å². The number of carbonyl (C=O) groups is 1. The zero-order chi connectivity index (χ0) is 8.43. The molecular formula is C6H6N2O3. The predicted molar refractivity (Wildman–Crippen MR) is 37.2 cm³/mol. The first-order chi connectivity index (χ1) is 5.11. The fourth-order valence-corrected chi connectivity index (χ4v) is 0.701. The number of rotatable bonds is 1. The van der Waals surface area contributed by atoms with E-state index in [0.29, 0.717) is 0 Å². The van der Waals surface area contributed by atoms with Crippen molar-refractivity contribution in [1.29, 1.82) is 0 Å². The fourth-order valence-electron chi connectivity index (χ4n) is 0.701. The normalized spacial score (nSPS) is 23.2. The summed E-state index contributed by atoms with van der Waals surface area (Å²) in [4.78, 5) is 20.2. The molecule has 1 aliphatic carbocycles. The molecule has 0 saturated heterocycles. The molecule has 1 unspecified atom stereocenters. The molecule has 1 aliphatic rings. The fraction of sp³-hybridized carbons (Fsp3) is 0.167. The van der Waals surface area contributed by atoms with E-state index in [4.69, 9.17) is 5.73 Å². The van der Waals surface area contributed by atoms with Gasteiger partial charge in [0.05, 0.1) is 17.0 Å². The monoisotopic (exact) mass is 154 g/mol. The van der Waals surface area contributed by atoms with Crippen LogP contribution in [0.3, 0.4) is 0 Å². The number of hydrogen-bond donors (Lipinski definition) is 1. The quantitative estimate of drug-likeness (QED) is 0.411. The minimum absolute atomic E-state index is 0.211. The molecule has 0 radical (unpaired) electrons. The van der Waals surface area contributed by atoms with Crippen molar-refractivity contribution >= 4 is 5.78 Å². The van der Waals surface area contributed by atoms with E-state index >= 15 is 0 Å². The molecule has 2 N–H and O–H groups in total. The molecule has 58 valence electrons. The molecule has 11 heavy (non-hydrogen) atoms. The topological polar surface area (TPSA) is 86.2 Å². The number of hydrogen-bond acceptors (Lipinski definition) is 4. The second-order valence-corrected chi connectivity index (χ2v) is 2.11. The van der Waals surface area contributed by atoms with Crippen molar-refractivity contribution in [2.45, 2.75) is 6.04 Å². The van der Waals surface area contributed by atoms with Crippen LogP contribution in [0.5, 0.6) is 0 Å². The minimum atomic E-state index is -0.723. The van der Waals surface area contributed by atoms with E-state index in [1.807, 2.05) is 0 Å². The van der Waals surface area contributed by atoms with E-state index in [1.165, 1.54) is 12.2 Å². The highest BCUT2D eigenvalue weighted by Crippen LogP contribution is 2.06. The zero-order valence-electron chi connectivity index (χ0n) is 5.56. The molecule has 1 rings (SSSR count). The van der Waals surface area contributed by atoms with Crippen molar-refractivity contribution < 1.29 is 9.72 Å². The van der Waals surface area contributed by atoms with Crippen molar-refractivity contribution in [2.75, 3.05) is 0 Å². The molecule has 0 amide bonds. The highest BCUT2D eigenvalue weighted by molar-refractivity contribution is 5.97. The second-order valence-electron chi connectivity index (χ2n) is 2.11. The molecule has 0 saturated carbocycles.